The summed E-state index contributed by atoms with van der Waals surface area (Å²) in [6.45, 7) is 0. The Hall–Kier alpha value is -7.46. The Labute approximate surface area is 346 Å². The normalized spacial score (nSPS) is 11.7. The lowest BCUT2D eigenvalue weighted by Gasteiger charge is -2.29. The summed E-state index contributed by atoms with van der Waals surface area (Å²) < 4.78 is 4.99. The summed E-state index contributed by atoms with van der Waals surface area (Å²) in [5.74, 6) is 0. The van der Waals surface area contributed by atoms with E-state index in [0.29, 0.717) is 0 Å². The van der Waals surface area contributed by atoms with Gasteiger partial charge < -0.3 is 9.47 Å². The molecule has 2 nitrogen and oxygen atoms in total. The Balaban J connectivity index is 1.10. The minimum atomic E-state index is 1.10. The van der Waals surface area contributed by atoms with Gasteiger partial charge in [-0.1, -0.05) is 152 Å². The monoisotopic (exact) mass is 768 g/mol. The molecule has 2 heterocycles. The van der Waals surface area contributed by atoms with Crippen LogP contribution in [0.4, 0.5) is 17.1 Å². The molecule has 0 aliphatic heterocycles. The van der Waals surface area contributed by atoms with Crippen LogP contribution in [-0.2, 0) is 0 Å². The molecule has 2 aromatic heterocycles. The predicted octanol–water partition coefficient (Wildman–Crippen LogP) is 16.3. The first-order valence-electron chi connectivity index (χ1n) is 20.2. The summed E-state index contributed by atoms with van der Waals surface area (Å²) in [6.07, 6.45) is 0. The van der Waals surface area contributed by atoms with Crippen molar-refractivity contribution < 1.29 is 0 Å². The number of aromatic nitrogens is 1. The van der Waals surface area contributed by atoms with Crippen LogP contribution in [0.2, 0.25) is 0 Å². The summed E-state index contributed by atoms with van der Waals surface area (Å²) in [5, 5.41) is 10.1. The third kappa shape index (κ3) is 5.47. The lowest BCUT2D eigenvalue weighted by atomic mass is 9.96. The number of rotatable bonds is 6. The van der Waals surface area contributed by atoms with E-state index in [4.69, 9.17) is 0 Å². The van der Waals surface area contributed by atoms with Gasteiger partial charge in [-0.15, -0.1) is 11.3 Å². The van der Waals surface area contributed by atoms with E-state index in [9.17, 15) is 0 Å². The fraction of sp³-hybridized carbons (Fsp3) is 0. The quantitative estimate of drug-likeness (QED) is 0.153. The molecule has 0 saturated carbocycles. The molecule has 0 aliphatic carbocycles. The molecule has 59 heavy (non-hydrogen) atoms. The first-order chi connectivity index (χ1) is 29.3. The van der Waals surface area contributed by atoms with E-state index in [1.54, 1.807) is 0 Å². The summed E-state index contributed by atoms with van der Waals surface area (Å²) in [5.41, 5.74) is 11.7. The molecular weight excluding hydrogens is 733 g/mol. The van der Waals surface area contributed by atoms with E-state index < -0.39 is 0 Å². The molecule has 10 aromatic carbocycles. The Bertz CT molecular complexity index is 3520. The lowest BCUT2D eigenvalue weighted by molar-refractivity contribution is 1.18. The van der Waals surface area contributed by atoms with E-state index in [2.05, 4.69) is 228 Å². The van der Waals surface area contributed by atoms with Crippen LogP contribution in [-0.4, -0.2) is 4.57 Å². The van der Waals surface area contributed by atoms with Crippen LogP contribution in [0.1, 0.15) is 0 Å². The number of hydrogen-bond acceptors (Lipinski definition) is 2. The average Bonchev–Trinajstić information content (AvgIpc) is 3.85. The second-order valence-corrected chi connectivity index (χ2v) is 16.4. The highest BCUT2D eigenvalue weighted by atomic mass is 32.1. The third-order valence-corrected chi connectivity index (χ3v) is 13.1. The molecule has 0 aliphatic rings. The standard InChI is InChI=1S/C56H36N2S/c1-2-17-42(18-3-1)57(43-19-12-15-39(34-43)40-31-30-38-29-28-37-14-4-5-21-45(37)50(38)36-40)53-33-32-49-48-24-8-11-27-54(48)59-56(49)55(53)41-16-13-20-44(35-41)58-51-25-9-6-22-46(51)47-23-7-10-26-52(47)58/h1-36H. The van der Waals surface area contributed by atoms with Gasteiger partial charge in [0, 0.05) is 53.6 Å². The van der Waals surface area contributed by atoms with Gasteiger partial charge >= 0.3 is 0 Å². The Morgan fingerprint density at radius 2 is 0.966 bits per heavy atom. The highest BCUT2D eigenvalue weighted by Crippen LogP contribution is 2.49. The van der Waals surface area contributed by atoms with E-state index in [0.717, 1.165) is 22.7 Å². The van der Waals surface area contributed by atoms with Crippen LogP contribution in [0.5, 0.6) is 0 Å². The SMILES string of the molecule is c1ccc(N(c2cccc(-c3ccc4ccc5ccccc5c4c3)c2)c2ccc3c(sc4ccccc43)c2-c2cccc(-n3c4ccccc4c4ccccc43)c2)cc1. The minimum Gasteiger partial charge on any atom is -0.310 e. The predicted molar refractivity (Wildman–Crippen MR) is 254 cm³/mol. The molecule has 0 atom stereocenters. The maximum Gasteiger partial charge on any atom is 0.0554 e. The largest absolute Gasteiger partial charge is 0.310 e. The van der Waals surface area contributed by atoms with E-state index in [1.165, 1.54) is 85.8 Å². The number of thiophene rings is 1. The van der Waals surface area contributed by atoms with Crippen LogP contribution in [0, 0.1) is 0 Å². The van der Waals surface area contributed by atoms with Crippen molar-refractivity contribution in [3.63, 3.8) is 0 Å². The first-order valence-corrected chi connectivity index (χ1v) is 21.0. The van der Waals surface area contributed by atoms with Crippen LogP contribution in [0.15, 0.2) is 218 Å². The number of fused-ring (bicyclic) bond motifs is 9. The van der Waals surface area contributed by atoms with Gasteiger partial charge in [0.2, 0.25) is 0 Å². The fourth-order valence-electron chi connectivity index (χ4n) is 9.26. The molecule has 0 unspecified atom stereocenters. The second kappa shape index (κ2) is 13.6. The molecule has 0 bridgehead atoms. The number of hydrogen-bond donors (Lipinski definition) is 0. The molecule has 0 radical (unpaired) electrons. The zero-order valence-electron chi connectivity index (χ0n) is 32.1. The first kappa shape index (κ1) is 33.7. The van der Waals surface area contributed by atoms with Crippen molar-refractivity contribution in [3.05, 3.63) is 218 Å². The van der Waals surface area contributed by atoms with Gasteiger partial charge in [0.25, 0.3) is 0 Å². The zero-order chi connectivity index (χ0) is 38.9. The van der Waals surface area contributed by atoms with Crippen molar-refractivity contribution in [2.75, 3.05) is 4.90 Å². The molecule has 0 spiro atoms. The molecule has 0 amide bonds. The van der Waals surface area contributed by atoms with Crippen LogP contribution < -0.4 is 4.90 Å². The van der Waals surface area contributed by atoms with Crippen LogP contribution >= 0.6 is 11.3 Å². The number of nitrogens with zero attached hydrogens (tertiary/aromatic N) is 2. The molecule has 0 fully saturated rings. The zero-order valence-corrected chi connectivity index (χ0v) is 32.9. The van der Waals surface area contributed by atoms with Gasteiger partial charge in [-0.3, -0.25) is 0 Å². The van der Waals surface area contributed by atoms with Gasteiger partial charge in [0.1, 0.15) is 0 Å². The van der Waals surface area contributed by atoms with Crippen molar-refractivity contribution in [2.24, 2.45) is 0 Å². The molecule has 276 valence electrons. The van der Waals surface area contributed by atoms with Gasteiger partial charge in [0.15, 0.2) is 0 Å². The van der Waals surface area contributed by atoms with E-state index >= 15 is 0 Å². The smallest absolute Gasteiger partial charge is 0.0554 e. The number of benzene rings is 10. The number of para-hydroxylation sites is 3. The Kier molecular flexibility index (Phi) is 7.75. The Morgan fingerprint density at radius 3 is 1.78 bits per heavy atom. The summed E-state index contributed by atoms with van der Waals surface area (Å²) in [7, 11) is 0. The van der Waals surface area contributed by atoms with E-state index in [1.807, 2.05) is 11.3 Å². The highest BCUT2D eigenvalue weighted by Gasteiger charge is 2.23. The molecule has 0 N–H and O–H groups in total. The molecule has 12 aromatic rings. The average molecular weight is 769 g/mol. The minimum absolute atomic E-state index is 1.10. The van der Waals surface area contributed by atoms with Crippen LogP contribution in [0.25, 0.3) is 91.5 Å². The van der Waals surface area contributed by atoms with E-state index in [-0.39, 0.29) is 0 Å². The third-order valence-electron chi connectivity index (χ3n) is 11.9. The van der Waals surface area contributed by atoms with Gasteiger partial charge in [-0.2, -0.15) is 0 Å². The second-order valence-electron chi connectivity index (χ2n) is 15.3. The van der Waals surface area contributed by atoms with Crippen molar-refractivity contribution in [1.82, 2.24) is 4.57 Å². The molecule has 3 heteroatoms. The lowest BCUT2D eigenvalue weighted by Crippen LogP contribution is -2.11. The summed E-state index contributed by atoms with van der Waals surface area (Å²) in [6, 6.07) is 80.0. The maximum absolute atomic E-state index is 2.45. The Morgan fingerprint density at radius 1 is 0.356 bits per heavy atom. The van der Waals surface area contributed by atoms with Crippen molar-refractivity contribution >= 4 is 91.9 Å². The van der Waals surface area contributed by atoms with Crippen molar-refractivity contribution in [1.29, 1.82) is 0 Å². The maximum atomic E-state index is 2.45. The summed E-state index contributed by atoms with van der Waals surface area (Å²) >= 11 is 1.88. The van der Waals surface area contributed by atoms with Gasteiger partial charge in [0.05, 0.1) is 16.7 Å². The highest BCUT2D eigenvalue weighted by molar-refractivity contribution is 7.26. The van der Waals surface area contributed by atoms with Gasteiger partial charge in [-0.05, 0) is 105 Å². The molecule has 12 rings (SSSR count). The topological polar surface area (TPSA) is 8.17 Å². The molecule has 0 saturated heterocycles. The summed E-state index contributed by atoms with van der Waals surface area (Å²) in [4.78, 5) is 2.45. The van der Waals surface area contributed by atoms with Gasteiger partial charge in [-0.25, -0.2) is 0 Å². The fourth-order valence-corrected chi connectivity index (χ4v) is 10.5. The number of anilines is 3. The van der Waals surface area contributed by atoms with Crippen molar-refractivity contribution in [2.45, 2.75) is 0 Å². The van der Waals surface area contributed by atoms with Crippen LogP contribution in [0.3, 0.4) is 0 Å². The molecular formula is C56H36N2S. The van der Waals surface area contributed by atoms with Crippen molar-refractivity contribution in [3.8, 4) is 27.9 Å².